The highest BCUT2D eigenvalue weighted by Gasteiger charge is 2.53. The van der Waals surface area contributed by atoms with Crippen molar-refractivity contribution >= 4 is 5.91 Å². The maximum atomic E-state index is 12.5. The molecule has 2 heteroatoms. The first-order valence-corrected chi connectivity index (χ1v) is 9.63. The van der Waals surface area contributed by atoms with E-state index in [0.717, 1.165) is 30.6 Å². The van der Waals surface area contributed by atoms with E-state index in [-0.39, 0.29) is 0 Å². The second kappa shape index (κ2) is 5.69. The van der Waals surface area contributed by atoms with Crippen LogP contribution in [-0.2, 0) is 4.79 Å². The van der Waals surface area contributed by atoms with Gasteiger partial charge in [0.25, 0.3) is 0 Å². The van der Waals surface area contributed by atoms with Gasteiger partial charge in [-0.15, -0.1) is 0 Å². The Balaban J connectivity index is 1.43. The van der Waals surface area contributed by atoms with Crippen LogP contribution in [0, 0.1) is 29.1 Å². The Morgan fingerprint density at radius 1 is 1.18 bits per heavy atom. The molecule has 0 aromatic rings. The molecule has 4 fully saturated rings. The number of allylic oxidation sites excluding steroid dienone is 2. The van der Waals surface area contributed by atoms with Crippen molar-refractivity contribution in [1.82, 2.24) is 5.32 Å². The molecule has 1 amide bonds. The highest BCUT2D eigenvalue weighted by Crippen LogP contribution is 2.61. The zero-order chi connectivity index (χ0) is 15.2. The third kappa shape index (κ3) is 2.63. The molecule has 5 aliphatic carbocycles. The summed E-state index contributed by atoms with van der Waals surface area (Å²) in [5.74, 6) is 3.70. The summed E-state index contributed by atoms with van der Waals surface area (Å²) in [6, 6.07) is 0.429. The summed E-state index contributed by atoms with van der Waals surface area (Å²) < 4.78 is 0. The Bertz CT molecular complexity index is 431. The Morgan fingerprint density at radius 2 is 1.82 bits per heavy atom. The number of nitrogens with one attached hydrogen (secondary N) is 1. The molecule has 0 spiro atoms. The lowest BCUT2D eigenvalue weighted by atomic mass is 9.47. The monoisotopic (exact) mass is 301 g/mol. The van der Waals surface area contributed by atoms with Gasteiger partial charge >= 0.3 is 0 Å². The Morgan fingerprint density at radius 3 is 2.32 bits per heavy atom. The first-order chi connectivity index (χ1) is 10.7. The zero-order valence-electron chi connectivity index (χ0n) is 14.0. The van der Waals surface area contributed by atoms with Crippen molar-refractivity contribution in [3.05, 3.63) is 12.2 Å². The standard InChI is InChI=1S/C20H31NO/c1-2-18(21-19(22)10-14-5-3-4-6-14)20-11-15-7-16(12-20)9-17(8-15)13-20/h3,5,14-18H,2,4,6-13H2,1H3,(H,21,22). The lowest BCUT2D eigenvalue weighted by molar-refractivity contribution is -0.127. The third-order valence-electron chi connectivity index (χ3n) is 7.13. The maximum absolute atomic E-state index is 12.5. The summed E-state index contributed by atoms with van der Waals surface area (Å²) in [5.41, 5.74) is 0.449. The van der Waals surface area contributed by atoms with Crippen molar-refractivity contribution < 1.29 is 4.79 Å². The summed E-state index contributed by atoms with van der Waals surface area (Å²) in [6.45, 7) is 2.28. The van der Waals surface area contributed by atoms with Gasteiger partial charge in [-0.05, 0) is 86.9 Å². The fourth-order valence-corrected chi connectivity index (χ4v) is 6.65. The average molecular weight is 301 g/mol. The lowest BCUT2D eigenvalue weighted by Gasteiger charge is -2.59. The van der Waals surface area contributed by atoms with E-state index >= 15 is 0 Å². The van der Waals surface area contributed by atoms with E-state index < -0.39 is 0 Å². The molecule has 2 nitrogen and oxygen atoms in total. The highest BCUT2D eigenvalue weighted by atomic mass is 16.1. The largest absolute Gasteiger partial charge is 0.353 e. The minimum atomic E-state index is 0.305. The van der Waals surface area contributed by atoms with E-state index in [4.69, 9.17) is 0 Å². The third-order valence-corrected chi connectivity index (χ3v) is 7.13. The molecule has 2 unspecified atom stereocenters. The second-order valence-electron chi connectivity index (χ2n) is 8.78. The number of rotatable bonds is 5. The van der Waals surface area contributed by atoms with Crippen molar-refractivity contribution in [1.29, 1.82) is 0 Å². The van der Waals surface area contributed by atoms with Gasteiger partial charge in [-0.25, -0.2) is 0 Å². The molecule has 22 heavy (non-hydrogen) atoms. The molecular weight excluding hydrogens is 270 g/mol. The van der Waals surface area contributed by atoms with E-state index in [1.807, 2.05) is 0 Å². The van der Waals surface area contributed by atoms with Gasteiger partial charge in [0.15, 0.2) is 0 Å². The van der Waals surface area contributed by atoms with Crippen LogP contribution in [-0.4, -0.2) is 11.9 Å². The van der Waals surface area contributed by atoms with Gasteiger partial charge in [-0.2, -0.15) is 0 Å². The molecule has 4 saturated carbocycles. The average Bonchev–Trinajstić information content (AvgIpc) is 2.96. The minimum Gasteiger partial charge on any atom is -0.353 e. The Kier molecular flexibility index (Phi) is 3.82. The van der Waals surface area contributed by atoms with Crippen LogP contribution in [0.3, 0.4) is 0 Å². The molecular formula is C20H31NO. The summed E-state index contributed by atoms with van der Waals surface area (Å²) in [4.78, 5) is 12.5. The van der Waals surface area contributed by atoms with E-state index in [1.54, 1.807) is 0 Å². The summed E-state index contributed by atoms with van der Waals surface area (Å²) >= 11 is 0. The molecule has 4 bridgehead atoms. The van der Waals surface area contributed by atoms with Crippen LogP contribution < -0.4 is 5.32 Å². The van der Waals surface area contributed by atoms with Crippen LogP contribution >= 0.6 is 0 Å². The first kappa shape index (κ1) is 14.8. The predicted octanol–water partition coefficient (Wildman–Crippen LogP) is 4.45. The van der Waals surface area contributed by atoms with Gasteiger partial charge in [0.05, 0.1) is 0 Å². The molecule has 0 aromatic heterocycles. The fourth-order valence-electron chi connectivity index (χ4n) is 6.65. The normalized spacial score (nSPS) is 43.5. The van der Waals surface area contributed by atoms with E-state index in [9.17, 15) is 4.79 Å². The highest BCUT2D eigenvalue weighted by molar-refractivity contribution is 5.77. The molecule has 0 aromatic carbocycles. The van der Waals surface area contributed by atoms with Gasteiger partial charge in [-0.1, -0.05) is 19.1 Å². The summed E-state index contributed by atoms with van der Waals surface area (Å²) in [5, 5.41) is 3.48. The quantitative estimate of drug-likeness (QED) is 0.747. The molecule has 5 aliphatic rings. The molecule has 0 radical (unpaired) electrons. The smallest absolute Gasteiger partial charge is 0.220 e. The fraction of sp³-hybridized carbons (Fsp3) is 0.850. The Labute approximate surface area is 135 Å². The van der Waals surface area contributed by atoms with Crippen molar-refractivity contribution in [3.63, 3.8) is 0 Å². The van der Waals surface area contributed by atoms with Gasteiger partial charge < -0.3 is 5.32 Å². The summed E-state index contributed by atoms with van der Waals surface area (Å²) in [6.07, 6.45) is 17.2. The molecule has 122 valence electrons. The van der Waals surface area contributed by atoms with Crippen LogP contribution in [0.2, 0.25) is 0 Å². The minimum absolute atomic E-state index is 0.305. The molecule has 0 aliphatic heterocycles. The van der Waals surface area contributed by atoms with Crippen molar-refractivity contribution in [2.24, 2.45) is 29.1 Å². The van der Waals surface area contributed by atoms with Crippen molar-refractivity contribution in [3.8, 4) is 0 Å². The van der Waals surface area contributed by atoms with Crippen LogP contribution in [0.5, 0.6) is 0 Å². The SMILES string of the molecule is CCC(NC(=O)CC1C=CCC1)C12CC3CC(CC(C3)C1)C2. The van der Waals surface area contributed by atoms with E-state index in [1.165, 1.54) is 44.9 Å². The zero-order valence-corrected chi connectivity index (χ0v) is 14.0. The number of hydrogen-bond acceptors (Lipinski definition) is 1. The number of hydrogen-bond donors (Lipinski definition) is 1. The van der Waals surface area contributed by atoms with Gasteiger partial charge in [-0.3, -0.25) is 4.79 Å². The first-order valence-electron chi connectivity index (χ1n) is 9.63. The number of carbonyl (C=O) groups excluding carboxylic acids is 1. The summed E-state index contributed by atoms with van der Waals surface area (Å²) in [7, 11) is 0. The topological polar surface area (TPSA) is 29.1 Å². The maximum Gasteiger partial charge on any atom is 0.220 e. The van der Waals surface area contributed by atoms with Crippen LogP contribution in [0.4, 0.5) is 0 Å². The van der Waals surface area contributed by atoms with Crippen LogP contribution in [0.1, 0.15) is 71.1 Å². The predicted molar refractivity (Wildman–Crippen MR) is 89.3 cm³/mol. The Hall–Kier alpha value is -0.790. The number of carbonyl (C=O) groups is 1. The molecule has 5 rings (SSSR count). The van der Waals surface area contributed by atoms with E-state index in [2.05, 4.69) is 24.4 Å². The van der Waals surface area contributed by atoms with Gasteiger partial charge in [0.2, 0.25) is 5.91 Å². The van der Waals surface area contributed by atoms with Gasteiger partial charge in [0.1, 0.15) is 0 Å². The van der Waals surface area contributed by atoms with Crippen LogP contribution in [0.25, 0.3) is 0 Å². The lowest BCUT2D eigenvalue weighted by Crippen LogP contribution is -2.56. The van der Waals surface area contributed by atoms with Gasteiger partial charge in [0, 0.05) is 12.5 Å². The van der Waals surface area contributed by atoms with Crippen molar-refractivity contribution in [2.45, 2.75) is 77.2 Å². The molecule has 2 atom stereocenters. The molecule has 1 N–H and O–H groups in total. The molecule has 0 heterocycles. The molecule has 0 saturated heterocycles. The van der Waals surface area contributed by atoms with Crippen LogP contribution in [0.15, 0.2) is 12.2 Å². The van der Waals surface area contributed by atoms with Crippen molar-refractivity contribution in [2.75, 3.05) is 0 Å². The number of amides is 1. The second-order valence-corrected chi connectivity index (χ2v) is 8.78. The van der Waals surface area contributed by atoms with E-state index in [0.29, 0.717) is 29.7 Å².